The molecule has 3 aromatic rings. The Hall–Kier alpha value is -3.48. The topological polar surface area (TPSA) is 80.6 Å². The predicted molar refractivity (Wildman–Crippen MR) is 138 cm³/mol. The normalized spacial score (nSPS) is 11.6. The van der Waals surface area contributed by atoms with Crippen molar-refractivity contribution in [2.75, 3.05) is 26.4 Å². The maximum Gasteiger partial charge on any atom is 0.407 e. The van der Waals surface area contributed by atoms with E-state index in [4.69, 9.17) is 19.6 Å². The fourth-order valence-electron chi connectivity index (χ4n) is 3.76. The van der Waals surface area contributed by atoms with Crippen molar-refractivity contribution in [1.29, 1.82) is 5.41 Å². The van der Waals surface area contributed by atoms with Gasteiger partial charge < -0.3 is 24.9 Å². The average Bonchev–Trinajstić information content (AvgIpc) is 2.86. The molecule has 0 saturated carbocycles. The lowest BCUT2D eigenvalue weighted by Crippen LogP contribution is -2.36. The van der Waals surface area contributed by atoms with E-state index in [0.29, 0.717) is 13.2 Å². The maximum atomic E-state index is 11.8. The number of ether oxygens (including phenoxy) is 3. The van der Waals surface area contributed by atoms with Crippen LogP contribution in [-0.4, -0.2) is 43.8 Å². The summed E-state index contributed by atoms with van der Waals surface area (Å²) in [7, 11) is 0. The van der Waals surface area contributed by atoms with Gasteiger partial charge in [0.05, 0.1) is 32.1 Å². The first kappa shape index (κ1) is 26.1. The average molecular weight is 475 g/mol. The lowest BCUT2D eigenvalue weighted by atomic mass is 9.80. The minimum absolute atomic E-state index is 0.0672. The number of hydrogen-bond acceptors (Lipinski definition) is 5. The number of carbonyl (C=O) groups excluding carboxylic acids is 1. The highest BCUT2D eigenvalue weighted by Gasteiger charge is 2.37. The summed E-state index contributed by atoms with van der Waals surface area (Å²) in [5, 5.41) is 10.6. The van der Waals surface area contributed by atoms with Gasteiger partial charge in [0.15, 0.2) is 0 Å². The van der Waals surface area contributed by atoms with Crippen LogP contribution in [0.4, 0.5) is 4.79 Å². The van der Waals surface area contributed by atoms with Gasteiger partial charge in [-0.15, -0.1) is 0 Å². The molecule has 0 fully saturated rings. The van der Waals surface area contributed by atoms with Crippen LogP contribution >= 0.6 is 0 Å². The maximum absolute atomic E-state index is 11.8. The van der Waals surface area contributed by atoms with Crippen molar-refractivity contribution in [2.24, 2.45) is 0 Å². The van der Waals surface area contributed by atoms with Crippen LogP contribution in [0.3, 0.4) is 0 Å². The summed E-state index contributed by atoms with van der Waals surface area (Å²) in [4.78, 5) is 11.8. The molecule has 35 heavy (non-hydrogen) atoms. The fraction of sp³-hybridized carbons (Fsp3) is 0.310. The highest BCUT2D eigenvalue weighted by Crippen LogP contribution is 2.40. The van der Waals surface area contributed by atoms with Crippen molar-refractivity contribution in [3.63, 3.8) is 0 Å². The molecule has 0 aromatic heterocycles. The Bertz CT molecular complexity index is 967. The molecule has 2 N–H and O–H groups in total. The molecule has 184 valence electrons. The van der Waals surface area contributed by atoms with Crippen molar-refractivity contribution in [1.82, 2.24) is 5.32 Å². The molecule has 6 nitrogen and oxygen atoms in total. The molecule has 0 unspecified atom stereocenters. The van der Waals surface area contributed by atoms with Crippen LogP contribution in [0.15, 0.2) is 91.0 Å². The lowest BCUT2D eigenvalue weighted by Gasteiger charge is -2.36. The molecule has 0 atom stereocenters. The Morgan fingerprint density at radius 3 is 1.66 bits per heavy atom. The van der Waals surface area contributed by atoms with E-state index in [0.717, 1.165) is 16.7 Å². The van der Waals surface area contributed by atoms with Crippen molar-refractivity contribution in [2.45, 2.75) is 32.0 Å². The highest BCUT2D eigenvalue weighted by molar-refractivity contribution is 5.87. The molecular weight excluding hydrogens is 440 g/mol. The first-order chi connectivity index (χ1) is 16.8. The van der Waals surface area contributed by atoms with Crippen LogP contribution in [0.2, 0.25) is 0 Å². The van der Waals surface area contributed by atoms with E-state index < -0.39 is 17.3 Å². The van der Waals surface area contributed by atoms with Gasteiger partial charge in [-0.3, -0.25) is 0 Å². The standard InChI is InChI=1S/C29H34N2O4/c1-28(2,3)35-27(32)31-21-26(30)22-33-19-20-34-29(23-13-7-4-8-14-23,24-15-9-5-10-16-24)25-17-11-6-12-18-25/h4-18,30H,19-22H2,1-3H3,(H,31,32). The van der Waals surface area contributed by atoms with Gasteiger partial charge in [-0.25, -0.2) is 4.79 Å². The van der Waals surface area contributed by atoms with Crippen molar-refractivity contribution in [3.05, 3.63) is 108 Å². The third-order valence-corrected chi connectivity index (χ3v) is 5.21. The van der Waals surface area contributed by atoms with Crippen LogP contribution in [0.5, 0.6) is 0 Å². The second-order valence-corrected chi connectivity index (χ2v) is 9.14. The fourth-order valence-corrected chi connectivity index (χ4v) is 3.76. The molecule has 3 rings (SSSR count). The van der Waals surface area contributed by atoms with E-state index in [1.54, 1.807) is 20.8 Å². The Labute approximate surface area is 207 Å². The molecule has 0 aliphatic carbocycles. The van der Waals surface area contributed by atoms with Gasteiger partial charge in [-0.1, -0.05) is 91.0 Å². The number of hydrogen-bond donors (Lipinski definition) is 2. The van der Waals surface area contributed by atoms with Gasteiger partial charge in [0.2, 0.25) is 0 Å². The van der Waals surface area contributed by atoms with Crippen LogP contribution < -0.4 is 5.32 Å². The van der Waals surface area contributed by atoms with E-state index in [1.807, 2.05) is 54.6 Å². The third kappa shape index (κ3) is 7.50. The summed E-state index contributed by atoms with van der Waals surface area (Å²) < 4.78 is 17.5. The summed E-state index contributed by atoms with van der Waals surface area (Å²) in [6.07, 6.45) is -0.552. The zero-order valence-electron chi connectivity index (χ0n) is 20.6. The molecule has 0 radical (unpaired) electrons. The van der Waals surface area contributed by atoms with E-state index in [1.165, 1.54) is 0 Å². The molecule has 0 bridgehead atoms. The van der Waals surface area contributed by atoms with Crippen LogP contribution in [0.1, 0.15) is 37.5 Å². The van der Waals surface area contributed by atoms with Gasteiger partial charge >= 0.3 is 6.09 Å². The first-order valence-electron chi connectivity index (χ1n) is 11.7. The Balaban J connectivity index is 1.66. The smallest absolute Gasteiger partial charge is 0.407 e. The molecule has 0 heterocycles. The zero-order chi connectivity index (χ0) is 25.2. The molecule has 1 amide bonds. The second kappa shape index (κ2) is 12.3. The lowest BCUT2D eigenvalue weighted by molar-refractivity contribution is -0.0184. The van der Waals surface area contributed by atoms with Gasteiger partial charge in [0, 0.05) is 0 Å². The summed E-state index contributed by atoms with van der Waals surface area (Å²) >= 11 is 0. The number of amides is 1. The Kier molecular flexibility index (Phi) is 9.18. The van der Waals surface area contributed by atoms with Gasteiger partial charge in [0.1, 0.15) is 11.2 Å². The van der Waals surface area contributed by atoms with Crippen molar-refractivity contribution >= 4 is 11.8 Å². The SMILES string of the molecule is CC(C)(C)OC(=O)NCC(=N)COCCOC(c1ccccc1)(c1ccccc1)c1ccccc1. The minimum atomic E-state index is -0.807. The quantitative estimate of drug-likeness (QED) is 0.217. The molecule has 0 aliphatic rings. The first-order valence-corrected chi connectivity index (χ1v) is 11.7. The molecule has 3 aromatic carbocycles. The van der Waals surface area contributed by atoms with E-state index in [9.17, 15) is 4.79 Å². The van der Waals surface area contributed by atoms with Crippen molar-refractivity contribution in [3.8, 4) is 0 Å². The van der Waals surface area contributed by atoms with Crippen molar-refractivity contribution < 1.29 is 19.0 Å². The van der Waals surface area contributed by atoms with Gasteiger partial charge in [0.25, 0.3) is 0 Å². The third-order valence-electron chi connectivity index (χ3n) is 5.21. The largest absolute Gasteiger partial charge is 0.444 e. The summed E-state index contributed by atoms with van der Waals surface area (Å²) in [6, 6.07) is 30.4. The van der Waals surface area contributed by atoms with E-state index >= 15 is 0 Å². The number of nitrogens with one attached hydrogen (secondary N) is 2. The number of benzene rings is 3. The summed E-state index contributed by atoms with van der Waals surface area (Å²) in [5.41, 5.74) is 1.92. The summed E-state index contributed by atoms with van der Waals surface area (Å²) in [6.45, 7) is 6.14. The van der Waals surface area contributed by atoms with E-state index in [2.05, 4.69) is 41.7 Å². The van der Waals surface area contributed by atoms with Gasteiger partial charge in [-0.2, -0.15) is 0 Å². The molecule has 0 saturated heterocycles. The van der Waals surface area contributed by atoms with E-state index in [-0.39, 0.29) is 18.9 Å². The number of carbonyl (C=O) groups is 1. The number of alkyl carbamates (subject to hydrolysis) is 1. The zero-order valence-corrected chi connectivity index (χ0v) is 20.6. The molecule has 0 aliphatic heterocycles. The minimum Gasteiger partial charge on any atom is -0.444 e. The Morgan fingerprint density at radius 1 is 0.771 bits per heavy atom. The number of rotatable bonds is 11. The molecule has 0 spiro atoms. The van der Waals surface area contributed by atoms with Crippen LogP contribution in [-0.2, 0) is 19.8 Å². The Morgan fingerprint density at radius 2 is 1.23 bits per heavy atom. The second-order valence-electron chi connectivity index (χ2n) is 9.14. The van der Waals surface area contributed by atoms with Gasteiger partial charge in [-0.05, 0) is 37.5 Å². The summed E-state index contributed by atoms with van der Waals surface area (Å²) in [5.74, 6) is 0. The van der Waals surface area contributed by atoms with Crippen LogP contribution in [0, 0.1) is 5.41 Å². The monoisotopic (exact) mass is 474 g/mol. The molecule has 6 heteroatoms. The van der Waals surface area contributed by atoms with Crippen LogP contribution in [0.25, 0.3) is 0 Å². The highest BCUT2D eigenvalue weighted by atomic mass is 16.6. The predicted octanol–water partition coefficient (Wildman–Crippen LogP) is 5.56. The molecular formula is C29H34N2O4.